The van der Waals surface area contributed by atoms with Crippen molar-refractivity contribution < 1.29 is 13.9 Å². The summed E-state index contributed by atoms with van der Waals surface area (Å²) in [5, 5.41) is 16.3. The van der Waals surface area contributed by atoms with Crippen molar-refractivity contribution in [3.8, 4) is 0 Å². The SMILES string of the molecule is OC(CN1CCN(CCc2ccc(Cl)cc2)CC1)(Cn1cncn1)c1ccc(F)cc1F. The summed E-state index contributed by atoms with van der Waals surface area (Å²) in [6.07, 6.45) is 3.77. The van der Waals surface area contributed by atoms with E-state index in [2.05, 4.69) is 19.9 Å². The minimum absolute atomic E-state index is 0.0202. The van der Waals surface area contributed by atoms with Crippen LogP contribution in [0.25, 0.3) is 0 Å². The van der Waals surface area contributed by atoms with E-state index in [9.17, 15) is 13.9 Å². The lowest BCUT2D eigenvalue weighted by Crippen LogP contribution is -2.52. The molecule has 1 atom stereocenters. The van der Waals surface area contributed by atoms with Crippen LogP contribution in [-0.4, -0.2) is 68.9 Å². The van der Waals surface area contributed by atoms with Gasteiger partial charge in [-0.05, 0) is 30.2 Å². The Morgan fingerprint density at radius 1 is 0.969 bits per heavy atom. The van der Waals surface area contributed by atoms with Crippen molar-refractivity contribution in [2.75, 3.05) is 39.3 Å². The molecule has 1 unspecified atom stereocenters. The van der Waals surface area contributed by atoms with Gasteiger partial charge in [0, 0.05) is 55.9 Å². The molecule has 2 heterocycles. The summed E-state index contributed by atoms with van der Waals surface area (Å²) >= 11 is 5.95. The van der Waals surface area contributed by atoms with Gasteiger partial charge in [-0.2, -0.15) is 5.10 Å². The Morgan fingerprint density at radius 3 is 2.34 bits per heavy atom. The van der Waals surface area contributed by atoms with Crippen LogP contribution in [0.4, 0.5) is 8.78 Å². The van der Waals surface area contributed by atoms with Crippen LogP contribution in [0.1, 0.15) is 11.1 Å². The standard InChI is InChI=1S/C23H26ClF2N5O/c24-19-3-1-18(2-4-19)7-8-29-9-11-30(12-10-29)14-23(32,15-31-17-27-16-28-31)21-6-5-20(25)13-22(21)26/h1-6,13,16-17,32H,7-12,14-15H2. The van der Waals surface area contributed by atoms with E-state index in [1.54, 1.807) is 0 Å². The maximum atomic E-state index is 14.6. The van der Waals surface area contributed by atoms with E-state index in [1.165, 1.54) is 35.0 Å². The number of aliphatic hydroxyl groups is 1. The average Bonchev–Trinajstić information content (AvgIpc) is 3.27. The summed E-state index contributed by atoms with van der Waals surface area (Å²) in [7, 11) is 0. The molecule has 0 spiro atoms. The Balaban J connectivity index is 1.39. The minimum Gasteiger partial charge on any atom is -0.382 e. The smallest absolute Gasteiger partial charge is 0.137 e. The molecule has 1 aliphatic heterocycles. The second-order valence-electron chi connectivity index (χ2n) is 8.24. The number of β-amino-alcohol motifs (C(OH)–C–C–N with tert-alkyl or cyclic N) is 1. The van der Waals surface area contributed by atoms with Crippen molar-refractivity contribution in [2.45, 2.75) is 18.6 Å². The Morgan fingerprint density at radius 2 is 1.69 bits per heavy atom. The van der Waals surface area contributed by atoms with Gasteiger partial charge in [0.25, 0.3) is 0 Å². The number of hydrogen-bond donors (Lipinski definition) is 1. The van der Waals surface area contributed by atoms with Crippen LogP contribution in [0.15, 0.2) is 55.1 Å². The van der Waals surface area contributed by atoms with Crippen molar-refractivity contribution >= 4 is 11.6 Å². The summed E-state index contributed by atoms with van der Waals surface area (Å²) in [6.45, 7) is 4.34. The largest absolute Gasteiger partial charge is 0.382 e. The number of hydrogen-bond acceptors (Lipinski definition) is 5. The van der Waals surface area contributed by atoms with E-state index in [4.69, 9.17) is 11.6 Å². The molecular weight excluding hydrogens is 436 g/mol. The first-order chi connectivity index (χ1) is 15.4. The fraction of sp³-hybridized carbons (Fsp3) is 0.391. The first kappa shape index (κ1) is 22.8. The Labute approximate surface area is 191 Å². The van der Waals surface area contributed by atoms with Crippen LogP contribution in [-0.2, 0) is 18.6 Å². The number of aromatic nitrogens is 3. The van der Waals surface area contributed by atoms with Gasteiger partial charge in [-0.3, -0.25) is 4.90 Å². The van der Waals surface area contributed by atoms with Crippen molar-refractivity contribution in [1.82, 2.24) is 24.6 Å². The number of benzene rings is 2. The highest BCUT2D eigenvalue weighted by atomic mass is 35.5. The number of halogens is 3. The molecule has 0 bridgehead atoms. The molecule has 0 radical (unpaired) electrons. The highest BCUT2D eigenvalue weighted by Gasteiger charge is 2.36. The normalized spacial score (nSPS) is 17.4. The van der Waals surface area contributed by atoms with Crippen LogP contribution < -0.4 is 0 Å². The zero-order chi connectivity index (χ0) is 22.6. The number of piperazine rings is 1. The van der Waals surface area contributed by atoms with Crippen LogP contribution in [0.3, 0.4) is 0 Å². The van der Waals surface area contributed by atoms with Gasteiger partial charge >= 0.3 is 0 Å². The molecule has 1 aromatic heterocycles. The van der Waals surface area contributed by atoms with E-state index in [-0.39, 0.29) is 18.7 Å². The highest BCUT2D eigenvalue weighted by molar-refractivity contribution is 6.30. The van der Waals surface area contributed by atoms with Gasteiger partial charge in [0.15, 0.2) is 0 Å². The maximum Gasteiger partial charge on any atom is 0.137 e. The minimum atomic E-state index is -1.57. The monoisotopic (exact) mass is 461 g/mol. The predicted octanol–water partition coefficient (Wildman–Crippen LogP) is 2.96. The van der Waals surface area contributed by atoms with E-state index in [0.29, 0.717) is 0 Å². The van der Waals surface area contributed by atoms with E-state index < -0.39 is 17.2 Å². The molecule has 0 aliphatic carbocycles. The molecule has 1 N–H and O–H groups in total. The van der Waals surface area contributed by atoms with E-state index in [1.807, 2.05) is 24.3 Å². The second kappa shape index (κ2) is 10.0. The molecule has 0 amide bonds. The fourth-order valence-electron chi connectivity index (χ4n) is 4.15. The molecule has 9 heteroatoms. The fourth-order valence-corrected chi connectivity index (χ4v) is 4.27. The van der Waals surface area contributed by atoms with Crippen LogP contribution in [0.2, 0.25) is 5.02 Å². The summed E-state index contributed by atoms with van der Waals surface area (Å²) < 4.78 is 29.5. The van der Waals surface area contributed by atoms with Gasteiger partial charge in [0.1, 0.15) is 29.9 Å². The third-order valence-electron chi connectivity index (χ3n) is 5.90. The molecule has 1 saturated heterocycles. The Kier molecular flexibility index (Phi) is 7.15. The van der Waals surface area contributed by atoms with Crippen molar-refractivity contribution in [3.63, 3.8) is 0 Å². The van der Waals surface area contributed by atoms with Crippen LogP contribution >= 0.6 is 11.6 Å². The molecule has 170 valence electrons. The topological polar surface area (TPSA) is 57.4 Å². The van der Waals surface area contributed by atoms with Gasteiger partial charge in [0.05, 0.1) is 6.54 Å². The summed E-state index contributed by atoms with van der Waals surface area (Å²) in [6, 6.07) is 11.2. The lowest BCUT2D eigenvalue weighted by atomic mass is 9.92. The first-order valence-corrected chi connectivity index (χ1v) is 11.0. The van der Waals surface area contributed by atoms with Crippen molar-refractivity contribution in [3.05, 3.63) is 82.9 Å². The summed E-state index contributed by atoms with van der Waals surface area (Å²) in [5.41, 5.74) is -0.276. The number of nitrogens with zero attached hydrogens (tertiary/aromatic N) is 5. The summed E-state index contributed by atoms with van der Waals surface area (Å²) in [5.74, 6) is -1.45. The molecule has 1 fully saturated rings. The average molecular weight is 462 g/mol. The van der Waals surface area contributed by atoms with E-state index >= 15 is 0 Å². The predicted molar refractivity (Wildman–Crippen MR) is 118 cm³/mol. The van der Waals surface area contributed by atoms with Crippen molar-refractivity contribution in [2.24, 2.45) is 0 Å². The third kappa shape index (κ3) is 5.69. The zero-order valence-corrected chi connectivity index (χ0v) is 18.4. The van der Waals surface area contributed by atoms with Gasteiger partial charge in [-0.25, -0.2) is 18.4 Å². The maximum absolute atomic E-state index is 14.6. The molecule has 6 nitrogen and oxygen atoms in total. The lowest BCUT2D eigenvalue weighted by Gasteiger charge is -2.39. The van der Waals surface area contributed by atoms with Crippen LogP contribution in [0, 0.1) is 11.6 Å². The zero-order valence-electron chi connectivity index (χ0n) is 17.7. The Bertz CT molecular complexity index is 1010. The third-order valence-corrected chi connectivity index (χ3v) is 6.15. The van der Waals surface area contributed by atoms with Gasteiger partial charge in [-0.15, -0.1) is 0 Å². The Hall–Kier alpha value is -2.39. The summed E-state index contributed by atoms with van der Waals surface area (Å²) in [4.78, 5) is 8.39. The molecule has 2 aromatic carbocycles. The molecular formula is C23H26ClF2N5O. The lowest BCUT2D eigenvalue weighted by molar-refractivity contribution is -0.0317. The highest BCUT2D eigenvalue weighted by Crippen LogP contribution is 2.28. The number of rotatable bonds is 8. The molecule has 4 rings (SSSR count). The van der Waals surface area contributed by atoms with E-state index in [0.717, 1.165) is 50.2 Å². The first-order valence-electron chi connectivity index (χ1n) is 10.6. The molecule has 3 aromatic rings. The quantitative estimate of drug-likeness (QED) is 0.559. The van der Waals surface area contributed by atoms with Gasteiger partial charge in [-0.1, -0.05) is 29.8 Å². The molecule has 1 aliphatic rings. The van der Waals surface area contributed by atoms with Crippen LogP contribution in [0.5, 0.6) is 0 Å². The van der Waals surface area contributed by atoms with Crippen molar-refractivity contribution in [1.29, 1.82) is 0 Å². The second-order valence-corrected chi connectivity index (χ2v) is 8.68. The van der Waals surface area contributed by atoms with Gasteiger partial charge < -0.3 is 10.0 Å². The molecule has 32 heavy (non-hydrogen) atoms. The molecule has 0 saturated carbocycles. The van der Waals surface area contributed by atoms with Gasteiger partial charge in [0.2, 0.25) is 0 Å².